The van der Waals surface area contributed by atoms with Gasteiger partial charge in [0.2, 0.25) is 0 Å². The average Bonchev–Trinajstić information content (AvgIpc) is 2.31. The van der Waals surface area contributed by atoms with Crippen LogP contribution in [0, 0.1) is 0 Å². The van der Waals surface area contributed by atoms with E-state index in [2.05, 4.69) is 10.5 Å². The molecular formula is C6H9ClN2O2. The molecule has 0 saturated carbocycles. The van der Waals surface area contributed by atoms with Crippen molar-refractivity contribution in [2.24, 2.45) is 0 Å². The Morgan fingerprint density at radius 3 is 2.91 bits per heavy atom. The first kappa shape index (κ1) is 8.36. The van der Waals surface area contributed by atoms with Crippen LogP contribution in [-0.2, 0) is 6.54 Å². The van der Waals surface area contributed by atoms with E-state index in [0.29, 0.717) is 12.3 Å². The second-order valence-electron chi connectivity index (χ2n) is 2.05. The summed E-state index contributed by atoms with van der Waals surface area (Å²) < 4.78 is 4.77. The van der Waals surface area contributed by atoms with Crippen molar-refractivity contribution >= 4 is 11.6 Å². The van der Waals surface area contributed by atoms with Gasteiger partial charge in [0.15, 0.2) is 10.8 Å². The van der Waals surface area contributed by atoms with Crippen LogP contribution >= 0.6 is 11.6 Å². The second-order valence-corrected chi connectivity index (χ2v) is 2.43. The first-order chi connectivity index (χ1) is 5.25. The Balaban J connectivity index is 2.71. The number of hydrogen-bond acceptors (Lipinski definition) is 3. The molecule has 1 aromatic rings. The maximum absolute atomic E-state index is 10.7. The molecule has 4 nitrogen and oxygen atoms in total. The zero-order valence-corrected chi connectivity index (χ0v) is 6.86. The minimum atomic E-state index is -0.375. The second kappa shape index (κ2) is 3.59. The standard InChI is InChI=1S/C6H9ClN2O2/c1-2-8-3-4-5(7)6(10)9-11-4/h8H,2-3H2,1H3,(H,9,10). The van der Waals surface area contributed by atoms with E-state index >= 15 is 0 Å². The van der Waals surface area contributed by atoms with E-state index in [9.17, 15) is 4.79 Å². The third kappa shape index (κ3) is 1.85. The monoisotopic (exact) mass is 176 g/mol. The van der Waals surface area contributed by atoms with Crippen molar-refractivity contribution in [1.29, 1.82) is 0 Å². The molecule has 0 bridgehead atoms. The normalized spacial score (nSPS) is 10.4. The van der Waals surface area contributed by atoms with Crippen LogP contribution in [0.25, 0.3) is 0 Å². The number of H-pyrrole nitrogens is 1. The van der Waals surface area contributed by atoms with Crippen molar-refractivity contribution in [3.05, 3.63) is 21.1 Å². The summed E-state index contributed by atoms with van der Waals surface area (Å²) in [7, 11) is 0. The molecule has 2 N–H and O–H groups in total. The maximum Gasteiger partial charge on any atom is 0.299 e. The fourth-order valence-electron chi connectivity index (χ4n) is 0.676. The molecule has 0 unspecified atom stereocenters. The summed E-state index contributed by atoms with van der Waals surface area (Å²) in [5.74, 6) is 0.457. The van der Waals surface area contributed by atoms with Gasteiger partial charge in [-0.05, 0) is 6.54 Å². The van der Waals surface area contributed by atoms with Crippen LogP contribution in [0.3, 0.4) is 0 Å². The Morgan fingerprint density at radius 1 is 1.73 bits per heavy atom. The average molecular weight is 177 g/mol. The van der Waals surface area contributed by atoms with E-state index in [1.54, 1.807) is 0 Å². The third-order valence-corrected chi connectivity index (χ3v) is 1.63. The van der Waals surface area contributed by atoms with Gasteiger partial charge < -0.3 is 9.84 Å². The highest BCUT2D eigenvalue weighted by molar-refractivity contribution is 6.30. The van der Waals surface area contributed by atoms with E-state index in [1.165, 1.54) is 0 Å². The molecule has 0 aliphatic heterocycles. The Morgan fingerprint density at radius 2 is 2.45 bits per heavy atom. The van der Waals surface area contributed by atoms with Crippen LogP contribution in [0.4, 0.5) is 0 Å². The lowest BCUT2D eigenvalue weighted by Crippen LogP contribution is -2.11. The largest absolute Gasteiger partial charge is 0.381 e. The van der Waals surface area contributed by atoms with Crippen molar-refractivity contribution in [3.8, 4) is 0 Å². The molecule has 0 aromatic carbocycles. The van der Waals surface area contributed by atoms with E-state index in [0.717, 1.165) is 6.54 Å². The summed E-state index contributed by atoms with van der Waals surface area (Å²) in [5.41, 5.74) is -0.375. The minimum Gasteiger partial charge on any atom is -0.381 e. The summed E-state index contributed by atoms with van der Waals surface area (Å²) in [4.78, 5) is 10.7. The van der Waals surface area contributed by atoms with Gasteiger partial charge in [0.05, 0.1) is 6.54 Å². The first-order valence-electron chi connectivity index (χ1n) is 3.32. The molecule has 1 aromatic heterocycles. The van der Waals surface area contributed by atoms with Crippen LogP contribution in [0.5, 0.6) is 0 Å². The Bertz CT molecular complexity index is 278. The summed E-state index contributed by atoms with van der Waals surface area (Å²) >= 11 is 5.57. The number of nitrogens with one attached hydrogen (secondary N) is 2. The van der Waals surface area contributed by atoms with Crippen LogP contribution in [0.1, 0.15) is 12.7 Å². The van der Waals surface area contributed by atoms with Gasteiger partial charge in [-0.2, -0.15) is 5.16 Å². The molecule has 0 amide bonds. The smallest absolute Gasteiger partial charge is 0.299 e. The Hall–Kier alpha value is -0.740. The summed E-state index contributed by atoms with van der Waals surface area (Å²) in [6, 6.07) is 0. The lowest BCUT2D eigenvalue weighted by Gasteiger charge is -1.94. The molecule has 0 atom stereocenters. The summed E-state index contributed by atoms with van der Waals surface area (Å²) in [6.45, 7) is 3.25. The number of hydrogen-bond donors (Lipinski definition) is 2. The Kier molecular flexibility index (Phi) is 2.73. The quantitative estimate of drug-likeness (QED) is 0.714. The van der Waals surface area contributed by atoms with Crippen molar-refractivity contribution in [3.63, 3.8) is 0 Å². The molecule has 5 heteroatoms. The van der Waals surface area contributed by atoms with Crippen molar-refractivity contribution in [2.75, 3.05) is 6.54 Å². The fraction of sp³-hybridized carbons (Fsp3) is 0.500. The maximum atomic E-state index is 10.7. The molecular weight excluding hydrogens is 168 g/mol. The van der Waals surface area contributed by atoms with Crippen molar-refractivity contribution in [2.45, 2.75) is 13.5 Å². The van der Waals surface area contributed by atoms with E-state index < -0.39 is 0 Å². The van der Waals surface area contributed by atoms with Gasteiger partial charge >= 0.3 is 0 Å². The predicted molar refractivity (Wildman–Crippen MR) is 41.7 cm³/mol. The molecule has 0 aliphatic rings. The molecule has 11 heavy (non-hydrogen) atoms. The van der Waals surface area contributed by atoms with E-state index in [4.69, 9.17) is 16.1 Å². The van der Waals surface area contributed by atoms with Gasteiger partial charge in [-0.1, -0.05) is 18.5 Å². The highest BCUT2D eigenvalue weighted by Gasteiger charge is 2.07. The van der Waals surface area contributed by atoms with Gasteiger partial charge in [-0.3, -0.25) is 4.79 Å². The van der Waals surface area contributed by atoms with Crippen LogP contribution < -0.4 is 10.9 Å². The highest BCUT2D eigenvalue weighted by Crippen LogP contribution is 2.08. The minimum absolute atomic E-state index is 0.131. The van der Waals surface area contributed by atoms with Gasteiger partial charge in [0.25, 0.3) is 5.56 Å². The van der Waals surface area contributed by atoms with E-state index in [1.807, 2.05) is 6.92 Å². The molecule has 1 rings (SSSR count). The van der Waals surface area contributed by atoms with Gasteiger partial charge in [-0.15, -0.1) is 0 Å². The van der Waals surface area contributed by atoms with Gasteiger partial charge in [0, 0.05) is 0 Å². The van der Waals surface area contributed by atoms with Crippen LogP contribution in [-0.4, -0.2) is 11.7 Å². The van der Waals surface area contributed by atoms with E-state index in [-0.39, 0.29) is 10.6 Å². The molecule has 0 saturated heterocycles. The Labute approximate surface area is 68.5 Å². The van der Waals surface area contributed by atoms with Gasteiger partial charge in [-0.25, -0.2) is 0 Å². The fourth-order valence-corrected chi connectivity index (χ4v) is 0.820. The summed E-state index contributed by atoms with van der Waals surface area (Å²) in [6.07, 6.45) is 0. The molecule has 0 aliphatic carbocycles. The van der Waals surface area contributed by atoms with Crippen molar-refractivity contribution in [1.82, 2.24) is 10.5 Å². The van der Waals surface area contributed by atoms with Crippen molar-refractivity contribution < 1.29 is 4.52 Å². The number of rotatable bonds is 3. The SMILES string of the molecule is CCNCc1o[nH]c(=O)c1Cl. The highest BCUT2D eigenvalue weighted by atomic mass is 35.5. The van der Waals surface area contributed by atoms with Gasteiger partial charge in [0.1, 0.15) is 0 Å². The lowest BCUT2D eigenvalue weighted by molar-refractivity contribution is 0.370. The topological polar surface area (TPSA) is 58.0 Å². The molecule has 1 heterocycles. The molecule has 0 spiro atoms. The first-order valence-corrected chi connectivity index (χ1v) is 3.70. The molecule has 0 fully saturated rings. The summed E-state index contributed by atoms with van der Waals surface area (Å²) in [5, 5.41) is 5.26. The zero-order chi connectivity index (χ0) is 8.27. The number of halogens is 1. The number of aromatic amines is 1. The lowest BCUT2D eigenvalue weighted by atomic mass is 10.4. The molecule has 62 valence electrons. The third-order valence-electron chi connectivity index (χ3n) is 1.25. The molecule has 0 radical (unpaired) electrons. The van der Waals surface area contributed by atoms with Crippen LogP contribution in [0.15, 0.2) is 9.32 Å². The zero-order valence-electron chi connectivity index (χ0n) is 6.11. The predicted octanol–water partition coefficient (Wildman–Crippen LogP) is 0.731. The van der Waals surface area contributed by atoms with Crippen LogP contribution in [0.2, 0.25) is 5.02 Å². The number of aromatic nitrogens is 1.